The second kappa shape index (κ2) is 4.51. The maximum atomic E-state index is 5.97. The summed E-state index contributed by atoms with van der Waals surface area (Å²) >= 11 is 0. The quantitative estimate of drug-likeness (QED) is 0.775. The summed E-state index contributed by atoms with van der Waals surface area (Å²) < 4.78 is 4.10. The number of hydrogen-bond acceptors (Lipinski definition) is 3. The van der Waals surface area contributed by atoms with Crippen LogP contribution in [0, 0.1) is 6.92 Å². The molecule has 3 aromatic rings. The third-order valence-corrected chi connectivity index (χ3v) is 3.18. The first-order valence-corrected chi connectivity index (χ1v) is 6.38. The van der Waals surface area contributed by atoms with Crippen molar-refractivity contribution < 1.29 is 0 Å². The predicted octanol–water partition coefficient (Wildman–Crippen LogP) is 1.72. The molecule has 19 heavy (non-hydrogen) atoms. The second-order valence-corrected chi connectivity index (χ2v) is 4.84. The Kier molecular flexibility index (Phi) is 2.83. The topological polar surface area (TPSA) is 61.1 Å². The number of aromatic nitrogens is 4. The molecule has 1 unspecified atom stereocenters. The number of pyridine rings is 1. The highest BCUT2D eigenvalue weighted by atomic mass is 15.2. The first-order chi connectivity index (χ1) is 9.16. The lowest BCUT2D eigenvalue weighted by Crippen LogP contribution is -2.20. The summed E-state index contributed by atoms with van der Waals surface area (Å²) in [6, 6.07) is 6.08. The van der Waals surface area contributed by atoms with Gasteiger partial charge in [-0.3, -0.25) is 4.57 Å². The smallest absolute Gasteiger partial charge is 0.160 e. The molecule has 0 spiro atoms. The number of rotatable bonds is 3. The first kappa shape index (κ1) is 11.9. The Hall–Kier alpha value is -2.14. The Balaban J connectivity index is 2.26. The molecule has 5 nitrogen and oxygen atoms in total. The Morgan fingerprint density at radius 3 is 2.84 bits per heavy atom. The van der Waals surface area contributed by atoms with E-state index in [1.54, 1.807) is 6.20 Å². The van der Waals surface area contributed by atoms with Crippen LogP contribution in [0.25, 0.3) is 11.5 Å². The largest absolute Gasteiger partial charge is 0.328 e. The van der Waals surface area contributed by atoms with Gasteiger partial charge in [0.05, 0.1) is 5.69 Å². The van der Waals surface area contributed by atoms with Crippen molar-refractivity contribution in [1.82, 2.24) is 18.9 Å². The average Bonchev–Trinajstić information content (AvgIpc) is 2.93. The first-order valence-electron chi connectivity index (χ1n) is 6.38. The van der Waals surface area contributed by atoms with Crippen molar-refractivity contribution in [2.45, 2.75) is 26.3 Å². The highest BCUT2D eigenvalue weighted by molar-refractivity contribution is 5.49. The van der Waals surface area contributed by atoms with Gasteiger partial charge in [-0.15, -0.1) is 0 Å². The van der Waals surface area contributed by atoms with Crippen LogP contribution in [0.2, 0.25) is 0 Å². The van der Waals surface area contributed by atoms with Crippen LogP contribution in [0.5, 0.6) is 0 Å². The minimum atomic E-state index is 0.0858. The third-order valence-electron chi connectivity index (χ3n) is 3.18. The summed E-state index contributed by atoms with van der Waals surface area (Å²) in [6.45, 7) is 3.98. The molecule has 0 aliphatic heterocycles. The van der Waals surface area contributed by atoms with E-state index in [9.17, 15) is 0 Å². The van der Waals surface area contributed by atoms with Crippen LogP contribution in [0.1, 0.15) is 18.4 Å². The molecule has 1 atom stereocenters. The highest BCUT2D eigenvalue weighted by Crippen LogP contribution is 2.19. The number of nitrogens with two attached hydrogens (primary N) is 1. The SMILES string of the molecule is Cc1nccn1-c1nc2ccccn2c1CC(C)N. The van der Waals surface area contributed by atoms with Gasteiger partial charge in [0.15, 0.2) is 5.82 Å². The van der Waals surface area contributed by atoms with E-state index in [-0.39, 0.29) is 6.04 Å². The molecule has 0 aliphatic rings. The lowest BCUT2D eigenvalue weighted by atomic mass is 10.2. The summed E-state index contributed by atoms with van der Waals surface area (Å²) in [5, 5.41) is 0. The van der Waals surface area contributed by atoms with Gasteiger partial charge in [-0.1, -0.05) is 6.07 Å². The fourth-order valence-electron chi connectivity index (χ4n) is 2.32. The average molecular weight is 255 g/mol. The summed E-state index contributed by atoms with van der Waals surface area (Å²) in [4.78, 5) is 8.97. The van der Waals surface area contributed by atoms with E-state index in [0.29, 0.717) is 0 Å². The maximum Gasteiger partial charge on any atom is 0.160 e. The molecule has 0 amide bonds. The molecule has 5 heteroatoms. The fraction of sp³-hybridized carbons (Fsp3) is 0.286. The van der Waals surface area contributed by atoms with Gasteiger partial charge in [-0.25, -0.2) is 9.97 Å². The molecule has 0 saturated carbocycles. The standard InChI is InChI=1S/C14H17N5/c1-10(15)9-12-14(18-8-6-16-11(18)2)17-13-5-3-4-7-19(12)13/h3-8,10H,9,15H2,1-2H3. The molecule has 2 N–H and O–H groups in total. The molecule has 0 bridgehead atoms. The molecule has 3 rings (SSSR count). The van der Waals surface area contributed by atoms with Crippen molar-refractivity contribution in [3.8, 4) is 5.82 Å². The summed E-state index contributed by atoms with van der Waals surface area (Å²) in [7, 11) is 0. The number of hydrogen-bond donors (Lipinski definition) is 1. The van der Waals surface area contributed by atoms with Gasteiger partial charge in [-0.2, -0.15) is 0 Å². The molecule has 3 aromatic heterocycles. The summed E-state index contributed by atoms with van der Waals surface area (Å²) in [6.07, 6.45) is 6.52. The van der Waals surface area contributed by atoms with E-state index in [0.717, 1.165) is 29.4 Å². The van der Waals surface area contributed by atoms with Crippen LogP contribution >= 0.6 is 0 Å². The van der Waals surface area contributed by atoms with Crippen LogP contribution in [0.15, 0.2) is 36.8 Å². The fourth-order valence-corrected chi connectivity index (χ4v) is 2.32. The van der Waals surface area contributed by atoms with E-state index in [1.807, 2.05) is 49.0 Å². The van der Waals surface area contributed by atoms with Crippen molar-refractivity contribution in [1.29, 1.82) is 0 Å². The molecule has 0 radical (unpaired) electrons. The van der Waals surface area contributed by atoms with Crippen molar-refractivity contribution in [3.05, 3.63) is 48.3 Å². The number of aryl methyl sites for hydroxylation is 1. The van der Waals surface area contributed by atoms with E-state index in [1.165, 1.54) is 0 Å². The van der Waals surface area contributed by atoms with Crippen LogP contribution in [0.3, 0.4) is 0 Å². The van der Waals surface area contributed by atoms with Crippen molar-refractivity contribution in [3.63, 3.8) is 0 Å². The van der Waals surface area contributed by atoms with E-state index < -0.39 is 0 Å². The van der Waals surface area contributed by atoms with E-state index in [4.69, 9.17) is 10.7 Å². The van der Waals surface area contributed by atoms with Gasteiger partial charge in [0, 0.05) is 31.1 Å². The lowest BCUT2D eigenvalue weighted by molar-refractivity contribution is 0.710. The molecule has 0 aliphatic carbocycles. The Morgan fingerprint density at radius 1 is 1.32 bits per heavy atom. The van der Waals surface area contributed by atoms with Gasteiger partial charge in [0.1, 0.15) is 11.5 Å². The van der Waals surface area contributed by atoms with Gasteiger partial charge < -0.3 is 10.1 Å². The molecular formula is C14H17N5. The molecular weight excluding hydrogens is 238 g/mol. The van der Waals surface area contributed by atoms with Gasteiger partial charge in [-0.05, 0) is 26.0 Å². The van der Waals surface area contributed by atoms with Crippen molar-refractivity contribution in [2.24, 2.45) is 5.73 Å². The summed E-state index contributed by atoms with van der Waals surface area (Å²) in [5.74, 6) is 1.84. The zero-order valence-electron chi connectivity index (χ0n) is 11.1. The molecule has 0 saturated heterocycles. The van der Waals surface area contributed by atoms with Crippen LogP contribution < -0.4 is 5.73 Å². The monoisotopic (exact) mass is 255 g/mol. The minimum absolute atomic E-state index is 0.0858. The van der Waals surface area contributed by atoms with Gasteiger partial charge >= 0.3 is 0 Å². The van der Waals surface area contributed by atoms with Crippen LogP contribution in [-0.4, -0.2) is 25.0 Å². The Morgan fingerprint density at radius 2 is 2.16 bits per heavy atom. The van der Waals surface area contributed by atoms with Crippen molar-refractivity contribution in [2.75, 3.05) is 0 Å². The van der Waals surface area contributed by atoms with Gasteiger partial charge in [0.25, 0.3) is 0 Å². The third kappa shape index (κ3) is 2.02. The minimum Gasteiger partial charge on any atom is -0.328 e. The van der Waals surface area contributed by atoms with E-state index in [2.05, 4.69) is 9.38 Å². The zero-order valence-corrected chi connectivity index (χ0v) is 11.1. The molecule has 3 heterocycles. The highest BCUT2D eigenvalue weighted by Gasteiger charge is 2.15. The number of fused-ring (bicyclic) bond motifs is 1. The Labute approximate surface area is 111 Å². The second-order valence-electron chi connectivity index (χ2n) is 4.84. The lowest BCUT2D eigenvalue weighted by Gasteiger charge is -2.09. The van der Waals surface area contributed by atoms with Crippen molar-refractivity contribution >= 4 is 5.65 Å². The Bertz CT molecular complexity index is 708. The number of nitrogens with zero attached hydrogens (tertiary/aromatic N) is 4. The number of imidazole rings is 2. The summed E-state index contributed by atoms with van der Waals surface area (Å²) in [5.41, 5.74) is 8.02. The van der Waals surface area contributed by atoms with E-state index >= 15 is 0 Å². The zero-order chi connectivity index (χ0) is 13.4. The molecule has 98 valence electrons. The molecule has 0 fully saturated rings. The maximum absolute atomic E-state index is 5.97. The predicted molar refractivity (Wildman–Crippen MR) is 74.4 cm³/mol. The van der Waals surface area contributed by atoms with Crippen LogP contribution in [0.4, 0.5) is 0 Å². The normalized spacial score (nSPS) is 13.0. The van der Waals surface area contributed by atoms with Gasteiger partial charge in [0.2, 0.25) is 0 Å². The molecule has 0 aromatic carbocycles. The van der Waals surface area contributed by atoms with Crippen LogP contribution in [-0.2, 0) is 6.42 Å².